The van der Waals surface area contributed by atoms with Gasteiger partial charge in [0, 0.05) is 30.3 Å². The van der Waals surface area contributed by atoms with E-state index in [0.29, 0.717) is 25.0 Å². The summed E-state index contributed by atoms with van der Waals surface area (Å²) in [5, 5.41) is 11.8. The minimum Gasteiger partial charge on any atom is -0.406 e. The molecule has 0 bridgehead atoms. The van der Waals surface area contributed by atoms with Crippen molar-refractivity contribution >= 4 is 17.5 Å². The van der Waals surface area contributed by atoms with Crippen LogP contribution >= 0.6 is 0 Å². The number of ether oxygens (including phenoxy) is 1. The highest BCUT2D eigenvalue weighted by atomic mass is 19.4. The number of anilines is 2. The van der Waals surface area contributed by atoms with Gasteiger partial charge >= 0.3 is 18.7 Å². The maximum atomic E-state index is 13.7. The molecule has 0 saturated heterocycles. The van der Waals surface area contributed by atoms with E-state index in [9.17, 15) is 44.3 Å². The van der Waals surface area contributed by atoms with Gasteiger partial charge in [-0.25, -0.2) is 0 Å². The highest BCUT2D eigenvalue weighted by molar-refractivity contribution is 5.95. The number of halogens is 9. The number of nitrogens with zero attached hydrogens (tertiary/aromatic N) is 6. The zero-order valence-corrected chi connectivity index (χ0v) is 25.7. The van der Waals surface area contributed by atoms with Crippen LogP contribution in [-0.4, -0.2) is 38.5 Å². The van der Waals surface area contributed by atoms with E-state index in [4.69, 9.17) is 0 Å². The van der Waals surface area contributed by atoms with Crippen LogP contribution in [0.15, 0.2) is 36.4 Å². The molecule has 0 spiro atoms. The number of hydrogen-bond donors (Lipinski definition) is 0. The molecule has 47 heavy (non-hydrogen) atoms. The molecular weight excluding hydrogens is 647 g/mol. The van der Waals surface area contributed by atoms with Gasteiger partial charge in [-0.1, -0.05) is 38.2 Å². The zero-order valence-electron chi connectivity index (χ0n) is 25.7. The predicted molar refractivity (Wildman–Crippen MR) is 152 cm³/mol. The largest absolute Gasteiger partial charge is 0.573 e. The molecule has 2 atom stereocenters. The van der Waals surface area contributed by atoms with Crippen LogP contribution in [0.3, 0.4) is 0 Å². The number of carbonyl (C=O) groups is 1. The standard InChI is InChI=1S/C30H33F9N6O2/c1-4-6-7-8-9-26(46)45-21(5-2)15-25(23-16-22(10-11-24(23)45)47-30(37,38)39)44(27-40-42-43(3)41-27)17-18-12-19(28(31,32)33)14-20(13-18)29(34,35)36/h10-14,16,21,25H,4-9,15,17H2,1-3H3. The first-order chi connectivity index (χ1) is 21.9. The number of hydrogen-bond acceptors (Lipinski definition) is 6. The van der Waals surface area contributed by atoms with E-state index >= 15 is 0 Å². The normalized spacial score (nSPS) is 17.1. The van der Waals surface area contributed by atoms with Gasteiger partial charge in [0.25, 0.3) is 5.95 Å². The van der Waals surface area contributed by atoms with Gasteiger partial charge in [-0.3, -0.25) is 4.79 Å². The second kappa shape index (κ2) is 14.0. The van der Waals surface area contributed by atoms with Gasteiger partial charge in [-0.15, -0.1) is 18.3 Å². The highest BCUT2D eigenvalue weighted by Crippen LogP contribution is 2.46. The van der Waals surface area contributed by atoms with Crippen molar-refractivity contribution in [2.75, 3.05) is 9.80 Å². The Morgan fingerprint density at radius 3 is 2.13 bits per heavy atom. The van der Waals surface area contributed by atoms with Crippen LogP contribution in [-0.2, 0) is 30.7 Å². The van der Waals surface area contributed by atoms with E-state index in [1.54, 1.807) is 6.92 Å². The van der Waals surface area contributed by atoms with Crippen LogP contribution in [0.25, 0.3) is 0 Å². The molecule has 17 heteroatoms. The van der Waals surface area contributed by atoms with E-state index in [1.807, 2.05) is 6.92 Å². The average Bonchev–Trinajstić information content (AvgIpc) is 3.41. The number of benzene rings is 2. The highest BCUT2D eigenvalue weighted by Gasteiger charge is 2.41. The van der Waals surface area contributed by atoms with Crippen molar-refractivity contribution < 1.29 is 49.0 Å². The lowest BCUT2D eigenvalue weighted by molar-refractivity contribution is -0.274. The fourth-order valence-electron chi connectivity index (χ4n) is 5.73. The van der Waals surface area contributed by atoms with E-state index in [0.717, 1.165) is 36.2 Å². The number of fused-ring (bicyclic) bond motifs is 1. The number of tetrazole rings is 1. The van der Waals surface area contributed by atoms with E-state index in [1.165, 1.54) is 22.9 Å². The van der Waals surface area contributed by atoms with Crippen molar-refractivity contribution in [3.05, 3.63) is 58.7 Å². The molecule has 0 aliphatic carbocycles. The van der Waals surface area contributed by atoms with Crippen LogP contribution in [0, 0.1) is 0 Å². The van der Waals surface area contributed by atoms with Crippen molar-refractivity contribution in [3.8, 4) is 5.75 Å². The molecule has 0 saturated carbocycles. The first-order valence-corrected chi connectivity index (χ1v) is 14.9. The molecule has 258 valence electrons. The maximum Gasteiger partial charge on any atom is 0.573 e. The number of carbonyl (C=O) groups excluding carboxylic acids is 1. The summed E-state index contributed by atoms with van der Waals surface area (Å²) in [5.41, 5.74) is -3.13. The molecule has 1 aliphatic heterocycles. The lowest BCUT2D eigenvalue weighted by Gasteiger charge is -2.44. The SMILES string of the molecule is CCCCCCC(=O)N1c2ccc(OC(F)(F)F)cc2C(N(Cc2cc(C(F)(F)F)cc(C(F)(F)F)c2)c2nnn(C)n2)CC1CC. The van der Waals surface area contributed by atoms with Crippen molar-refractivity contribution in [2.24, 2.45) is 7.05 Å². The quantitative estimate of drug-likeness (QED) is 0.150. The molecule has 1 aliphatic rings. The molecule has 4 rings (SSSR count). The molecule has 2 heterocycles. The number of aryl methyl sites for hydroxylation is 1. The minimum absolute atomic E-state index is 0.00217. The zero-order chi connectivity index (χ0) is 34.7. The lowest BCUT2D eigenvalue weighted by Crippen LogP contribution is -2.47. The molecule has 2 unspecified atom stereocenters. The van der Waals surface area contributed by atoms with Gasteiger partial charge in [0.15, 0.2) is 0 Å². The van der Waals surface area contributed by atoms with Crippen molar-refractivity contribution in [3.63, 3.8) is 0 Å². The Morgan fingerprint density at radius 2 is 1.60 bits per heavy atom. The van der Waals surface area contributed by atoms with Crippen molar-refractivity contribution in [1.82, 2.24) is 20.2 Å². The summed E-state index contributed by atoms with van der Waals surface area (Å²) >= 11 is 0. The van der Waals surface area contributed by atoms with Crippen molar-refractivity contribution in [1.29, 1.82) is 0 Å². The molecule has 0 fully saturated rings. The Morgan fingerprint density at radius 1 is 0.936 bits per heavy atom. The first kappa shape index (κ1) is 35.8. The minimum atomic E-state index is -5.11. The van der Waals surface area contributed by atoms with Crippen LogP contribution < -0.4 is 14.5 Å². The molecule has 1 amide bonds. The Kier molecular flexibility index (Phi) is 10.6. The predicted octanol–water partition coefficient (Wildman–Crippen LogP) is 8.38. The van der Waals surface area contributed by atoms with Gasteiger partial charge in [0.1, 0.15) is 5.75 Å². The maximum absolute atomic E-state index is 13.7. The number of unbranched alkanes of at least 4 members (excludes halogenated alkanes) is 3. The first-order valence-electron chi connectivity index (χ1n) is 14.9. The van der Waals surface area contributed by atoms with Crippen LogP contribution in [0.2, 0.25) is 0 Å². The summed E-state index contributed by atoms with van der Waals surface area (Å²) in [6, 6.07) is 2.98. The smallest absolute Gasteiger partial charge is 0.406 e. The Bertz CT molecular complexity index is 1500. The third-order valence-corrected chi connectivity index (χ3v) is 7.83. The summed E-state index contributed by atoms with van der Waals surface area (Å²) in [6.07, 6.45) is -11.5. The molecule has 3 aromatic rings. The number of rotatable bonds is 11. The second-order valence-corrected chi connectivity index (χ2v) is 11.3. The third kappa shape index (κ3) is 8.86. The lowest BCUT2D eigenvalue weighted by atomic mass is 9.87. The van der Waals surface area contributed by atoms with Crippen LogP contribution in [0.1, 0.15) is 87.1 Å². The van der Waals surface area contributed by atoms with Crippen LogP contribution in [0.5, 0.6) is 5.75 Å². The molecule has 8 nitrogen and oxygen atoms in total. The monoisotopic (exact) mass is 680 g/mol. The molecule has 1 aromatic heterocycles. The van der Waals surface area contributed by atoms with Gasteiger partial charge in [0.05, 0.1) is 24.2 Å². The molecule has 0 radical (unpaired) electrons. The Hall–Kier alpha value is -4.05. The summed E-state index contributed by atoms with van der Waals surface area (Å²) in [7, 11) is 1.39. The molecule has 2 aromatic carbocycles. The molecule has 0 N–H and O–H groups in total. The summed E-state index contributed by atoms with van der Waals surface area (Å²) < 4.78 is 126. The van der Waals surface area contributed by atoms with E-state index < -0.39 is 59.8 Å². The van der Waals surface area contributed by atoms with Gasteiger partial charge in [0.2, 0.25) is 5.91 Å². The summed E-state index contributed by atoms with van der Waals surface area (Å²) in [5.74, 6) is -1.10. The van der Waals surface area contributed by atoms with Crippen molar-refractivity contribution in [2.45, 2.75) is 96.1 Å². The molecular formula is C30H33F9N6O2. The van der Waals surface area contributed by atoms with E-state index in [2.05, 4.69) is 20.1 Å². The Balaban J connectivity index is 1.87. The third-order valence-electron chi connectivity index (χ3n) is 7.83. The Labute approximate surface area is 264 Å². The summed E-state index contributed by atoms with van der Waals surface area (Å²) in [4.78, 5) is 17.4. The topological polar surface area (TPSA) is 76.4 Å². The number of alkyl halides is 9. The number of amides is 1. The summed E-state index contributed by atoms with van der Waals surface area (Å²) in [6.45, 7) is 3.19. The fraction of sp³-hybridized carbons (Fsp3) is 0.533. The van der Waals surface area contributed by atoms with Gasteiger partial charge in [-0.05, 0) is 66.4 Å². The van der Waals surface area contributed by atoms with Crippen LogP contribution in [0.4, 0.5) is 51.1 Å². The fourth-order valence-corrected chi connectivity index (χ4v) is 5.73. The van der Waals surface area contributed by atoms with E-state index in [-0.39, 0.29) is 42.0 Å². The number of aromatic nitrogens is 4. The average molecular weight is 681 g/mol. The van der Waals surface area contributed by atoms with Gasteiger partial charge < -0.3 is 14.5 Å². The van der Waals surface area contributed by atoms with Gasteiger partial charge in [-0.2, -0.15) is 31.1 Å². The second-order valence-electron chi connectivity index (χ2n) is 11.3.